The van der Waals surface area contributed by atoms with E-state index in [-0.39, 0.29) is 11.9 Å². The van der Waals surface area contributed by atoms with E-state index in [2.05, 4.69) is 24.4 Å². The number of hydrogen-bond acceptors (Lipinski definition) is 3. The summed E-state index contributed by atoms with van der Waals surface area (Å²) < 4.78 is 6.69. The maximum atomic E-state index is 12.5. The summed E-state index contributed by atoms with van der Waals surface area (Å²) in [6.07, 6.45) is 1.80. The quantitative estimate of drug-likeness (QED) is 0.775. The predicted octanol–water partition coefficient (Wildman–Crippen LogP) is 4.20. The van der Waals surface area contributed by atoms with Crippen molar-refractivity contribution in [2.75, 3.05) is 6.61 Å². The second kappa shape index (κ2) is 6.29. The Kier molecular flexibility index (Phi) is 3.98. The molecule has 0 fully saturated rings. The first-order valence-corrected chi connectivity index (χ1v) is 9.05. The van der Waals surface area contributed by atoms with Crippen LogP contribution >= 0.6 is 11.3 Å². The van der Waals surface area contributed by atoms with E-state index in [9.17, 15) is 4.79 Å². The predicted molar refractivity (Wildman–Crippen MR) is 98.1 cm³/mol. The van der Waals surface area contributed by atoms with Crippen molar-refractivity contribution < 1.29 is 9.53 Å². The summed E-state index contributed by atoms with van der Waals surface area (Å²) in [7, 11) is 0. The first kappa shape index (κ1) is 15.2. The molecule has 2 aromatic carbocycles. The molecule has 1 N–H and O–H groups in total. The van der Waals surface area contributed by atoms with Crippen molar-refractivity contribution in [2.24, 2.45) is 0 Å². The summed E-state index contributed by atoms with van der Waals surface area (Å²) in [5.41, 5.74) is 2.51. The van der Waals surface area contributed by atoms with Crippen molar-refractivity contribution in [3.8, 4) is 5.75 Å². The second-order valence-corrected chi connectivity index (χ2v) is 7.35. The Bertz CT molecular complexity index is 867. The van der Waals surface area contributed by atoms with Crippen molar-refractivity contribution >= 4 is 27.3 Å². The third-order valence-electron chi connectivity index (χ3n) is 4.32. The zero-order chi connectivity index (χ0) is 16.5. The fourth-order valence-corrected chi connectivity index (χ4v) is 4.13. The minimum Gasteiger partial charge on any atom is -0.493 e. The van der Waals surface area contributed by atoms with Crippen LogP contribution in [0.4, 0.5) is 0 Å². The number of thiophene rings is 1. The van der Waals surface area contributed by atoms with Gasteiger partial charge < -0.3 is 10.1 Å². The molecule has 1 amide bonds. The first-order valence-electron chi connectivity index (χ1n) is 8.23. The molecule has 0 spiro atoms. The van der Waals surface area contributed by atoms with Gasteiger partial charge in [-0.2, -0.15) is 0 Å². The topological polar surface area (TPSA) is 38.3 Å². The molecule has 4 rings (SSSR count). The number of ether oxygens (including phenoxy) is 1. The van der Waals surface area contributed by atoms with Crippen molar-refractivity contribution in [2.45, 2.75) is 25.8 Å². The van der Waals surface area contributed by atoms with Crippen LogP contribution in [-0.4, -0.2) is 18.6 Å². The summed E-state index contributed by atoms with van der Waals surface area (Å²) >= 11 is 1.54. The van der Waals surface area contributed by atoms with Gasteiger partial charge in [-0.3, -0.25) is 4.79 Å². The average Bonchev–Trinajstić information content (AvgIpc) is 3.20. The maximum absolute atomic E-state index is 12.5. The second-order valence-electron chi connectivity index (χ2n) is 6.27. The van der Waals surface area contributed by atoms with Gasteiger partial charge in [0.1, 0.15) is 5.75 Å². The van der Waals surface area contributed by atoms with Gasteiger partial charge >= 0.3 is 0 Å². The van der Waals surface area contributed by atoms with Crippen LogP contribution in [0.25, 0.3) is 10.1 Å². The Balaban J connectivity index is 1.43. The van der Waals surface area contributed by atoms with Crippen LogP contribution in [0, 0.1) is 0 Å². The fourth-order valence-electron chi connectivity index (χ4n) is 3.16. The van der Waals surface area contributed by atoms with E-state index in [1.807, 2.05) is 36.4 Å². The van der Waals surface area contributed by atoms with E-state index in [0.29, 0.717) is 0 Å². The smallest absolute Gasteiger partial charge is 0.261 e. The van der Waals surface area contributed by atoms with Gasteiger partial charge in [0, 0.05) is 17.2 Å². The summed E-state index contributed by atoms with van der Waals surface area (Å²) in [5, 5.41) is 4.24. The summed E-state index contributed by atoms with van der Waals surface area (Å²) in [5.74, 6) is 1.01. The van der Waals surface area contributed by atoms with E-state index in [1.54, 1.807) is 11.3 Å². The molecule has 0 saturated heterocycles. The SMILES string of the molecule is C[C@H](Cc1ccc2c(c1)CCO2)NC(=O)c1cc2ccccc2s1. The van der Waals surface area contributed by atoms with Crippen LogP contribution in [0.2, 0.25) is 0 Å². The monoisotopic (exact) mass is 337 g/mol. The summed E-state index contributed by atoms with van der Waals surface area (Å²) in [4.78, 5) is 13.3. The van der Waals surface area contributed by atoms with Crippen LogP contribution in [0.3, 0.4) is 0 Å². The molecular formula is C20H19NO2S. The maximum Gasteiger partial charge on any atom is 0.261 e. The van der Waals surface area contributed by atoms with Crippen LogP contribution in [0.5, 0.6) is 5.75 Å². The van der Waals surface area contributed by atoms with Crippen LogP contribution < -0.4 is 10.1 Å². The van der Waals surface area contributed by atoms with Crippen molar-refractivity contribution in [1.29, 1.82) is 0 Å². The third kappa shape index (κ3) is 3.02. The third-order valence-corrected chi connectivity index (χ3v) is 5.44. The number of amides is 1. The molecule has 1 aliphatic heterocycles. The lowest BCUT2D eigenvalue weighted by molar-refractivity contribution is 0.0944. The highest BCUT2D eigenvalue weighted by molar-refractivity contribution is 7.20. The van der Waals surface area contributed by atoms with Gasteiger partial charge in [-0.15, -0.1) is 11.3 Å². The molecule has 0 aliphatic carbocycles. The molecule has 3 nitrogen and oxygen atoms in total. The number of carbonyl (C=O) groups is 1. The molecule has 3 aromatic rings. The Morgan fingerprint density at radius 1 is 1.25 bits per heavy atom. The number of rotatable bonds is 4. The van der Waals surface area contributed by atoms with E-state index in [1.165, 1.54) is 11.1 Å². The molecule has 1 aliphatic rings. The van der Waals surface area contributed by atoms with E-state index in [0.717, 1.165) is 40.2 Å². The number of benzene rings is 2. The summed E-state index contributed by atoms with van der Waals surface area (Å²) in [6.45, 7) is 2.83. The molecule has 122 valence electrons. The van der Waals surface area contributed by atoms with Gasteiger partial charge in [0.05, 0.1) is 11.5 Å². The number of hydrogen-bond donors (Lipinski definition) is 1. The molecule has 24 heavy (non-hydrogen) atoms. The Hall–Kier alpha value is -2.33. The lowest BCUT2D eigenvalue weighted by Gasteiger charge is -2.14. The van der Waals surface area contributed by atoms with Crippen molar-refractivity contribution in [3.05, 3.63) is 64.5 Å². The van der Waals surface area contributed by atoms with Crippen molar-refractivity contribution in [1.82, 2.24) is 5.32 Å². The largest absolute Gasteiger partial charge is 0.493 e. The van der Waals surface area contributed by atoms with Gasteiger partial charge in [0.15, 0.2) is 0 Å². The Morgan fingerprint density at radius 2 is 2.12 bits per heavy atom. The first-order chi connectivity index (χ1) is 11.7. The van der Waals surface area contributed by atoms with Gasteiger partial charge in [-0.05, 0) is 48.1 Å². The highest BCUT2D eigenvalue weighted by Gasteiger charge is 2.15. The van der Waals surface area contributed by atoms with Gasteiger partial charge in [0.25, 0.3) is 5.91 Å². The standard InChI is InChI=1S/C20H19NO2S/c1-13(10-14-6-7-17-15(11-14)8-9-23-17)21-20(22)19-12-16-4-2-3-5-18(16)24-19/h2-7,11-13H,8-10H2,1H3,(H,21,22)/t13-/m1/s1. The van der Waals surface area contributed by atoms with E-state index >= 15 is 0 Å². The van der Waals surface area contributed by atoms with Crippen LogP contribution in [-0.2, 0) is 12.8 Å². The lowest BCUT2D eigenvalue weighted by atomic mass is 10.0. The highest BCUT2D eigenvalue weighted by atomic mass is 32.1. The number of nitrogens with one attached hydrogen (secondary N) is 1. The highest BCUT2D eigenvalue weighted by Crippen LogP contribution is 2.27. The van der Waals surface area contributed by atoms with Gasteiger partial charge in [-0.25, -0.2) is 0 Å². The molecule has 2 heterocycles. The molecule has 1 atom stereocenters. The minimum absolute atomic E-state index is 0.00759. The molecule has 0 bridgehead atoms. The van der Waals surface area contributed by atoms with E-state index < -0.39 is 0 Å². The zero-order valence-corrected chi connectivity index (χ0v) is 14.4. The normalized spacial score (nSPS) is 14.2. The Morgan fingerprint density at radius 3 is 3.00 bits per heavy atom. The molecule has 0 unspecified atom stereocenters. The zero-order valence-electron chi connectivity index (χ0n) is 13.5. The summed E-state index contributed by atoms with van der Waals surface area (Å²) in [6, 6.07) is 16.5. The van der Waals surface area contributed by atoms with Gasteiger partial charge in [0.2, 0.25) is 0 Å². The molecule has 1 aromatic heterocycles. The number of carbonyl (C=O) groups excluding carboxylic acids is 1. The molecule has 4 heteroatoms. The average molecular weight is 337 g/mol. The fraction of sp³-hybridized carbons (Fsp3) is 0.250. The van der Waals surface area contributed by atoms with Crippen LogP contribution in [0.1, 0.15) is 27.7 Å². The van der Waals surface area contributed by atoms with Crippen LogP contribution in [0.15, 0.2) is 48.5 Å². The number of fused-ring (bicyclic) bond motifs is 2. The molecule has 0 radical (unpaired) electrons. The van der Waals surface area contributed by atoms with Gasteiger partial charge in [-0.1, -0.05) is 30.3 Å². The Labute approximate surface area is 145 Å². The van der Waals surface area contributed by atoms with E-state index in [4.69, 9.17) is 4.74 Å². The molecular weight excluding hydrogens is 318 g/mol. The lowest BCUT2D eigenvalue weighted by Crippen LogP contribution is -2.33. The minimum atomic E-state index is 0.00759. The van der Waals surface area contributed by atoms with Crippen molar-refractivity contribution in [3.63, 3.8) is 0 Å². The molecule has 0 saturated carbocycles.